The van der Waals surface area contributed by atoms with E-state index in [2.05, 4.69) is 21.3 Å². The highest BCUT2D eigenvalue weighted by atomic mass is 15.1. The SMILES string of the molecule is CNc1cc(N2CCCC2)c(C#N)cn1. The standard InChI is InChI=1S/C11H14N4/c1-13-11-6-10(9(7-12)8-14-11)15-4-2-3-5-15/h6,8H,2-5H2,1H3,(H,13,14). The molecule has 78 valence electrons. The molecule has 1 fully saturated rings. The first kappa shape index (κ1) is 9.78. The van der Waals surface area contributed by atoms with Gasteiger partial charge in [0.15, 0.2) is 0 Å². The fourth-order valence-corrected chi connectivity index (χ4v) is 1.89. The van der Waals surface area contributed by atoms with Gasteiger partial charge in [0.2, 0.25) is 0 Å². The topological polar surface area (TPSA) is 52.0 Å². The van der Waals surface area contributed by atoms with E-state index in [0.29, 0.717) is 5.56 Å². The Hall–Kier alpha value is -1.76. The molecule has 0 unspecified atom stereocenters. The van der Waals surface area contributed by atoms with Crippen LogP contribution in [0.4, 0.5) is 11.5 Å². The summed E-state index contributed by atoms with van der Waals surface area (Å²) >= 11 is 0. The van der Waals surface area contributed by atoms with Gasteiger partial charge >= 0.3 is 0 Å². The highest BCUT2D eigenvalue weighted by Crippen LogP contribution is 2.25. The quantitative estimate of drug-likeness (QED) is 0.791. The molecule has 1 aromatic rings. The van der Waals surface area contributed by atoms with Gasteiger partial charge in [0.25, 0.3) is 0 Å². The summed E-state index contributed by atoms with van der Waals surface area (Å²) in [5.74, 6) is 0.816. The molecule has 1 aliphatic rings. The molecule has 1 aliphatic heterocycles. The van der Waals surface area contributed by atoms with Crippen molar-refractivity contribution in [2.45, 2.75) is 12.8 Å². The van der Waals surface area contributed by atoms with Crippen LogP contribution in [0.15, 0.2) is 12.3 Å². The monoisotopic (exact) mass is 202 g/mol. The van der Waals surface area contributed by atoms with Gasteiger partial charge in [0.05, 0.1) is 11.3 Å². The summed E-state index contributed by atoms with van der Waals surface area (Å²) in [6.07, 6.45) is 4.06. The predicted molar refractivity (Wildman–Crippen MR) is 59.9 cm³/mol. The van der Waals surface area contributed by atoms with E-state index >= 15 is 0 Å². The van der Waals surface area contributed by atoms with Gasteiger partial charge in [0, 0.05) is 32.4 Å². The van der Waals surface area contributed by atoms with Gasteiger partial charge < -0.3 is 10.2 Å². The lowest BCUT2D eigenvalue weighted by Crippen LogP contribution is -2.19. The molecule has 0 bridgehead atoms. The first-order valence-corrected chi connectivity index (χ1v) is 5.18. The van der Waals surface area contributed by atoms with Gasteiger partial charge in [-0.1, -0.05) is 0 Å². The second kappa shape index (κ2) is 4.18. The minimum Gasteiger partial charge on any atom is -0.373 e. The Kier molecular flexibility index (Phi) is 2.72. The highest BCUT2D eigenvalue weighted by Gasteiger charge is 2.16. The second-order valence-corrected chi connectivity index (χ2v) is 3.64. The van der Waals surface area contributed by atoms with Crippen molar-refractivity contribution < 1.29 is 0 Å². The van der Waals surface area contributed by atoms with Crippen LogP contribution in [-0.4, -0.2) is 25.1 Å². The summed E-state index contributed by atoms with van der Waals surface area (Å²) < 4.78 is 0. The van der Waals surface area contributed by atoms with Crippen molar-refractivity contribution >= 4 is 11.5 Å². The van der Waals surface area contributed by atoms with Crippen molar-refractivity contribution in [2.75, 3.05) is 30.4 Å². The molecule has 1 aromatic heterocycles. The van der Waals surface area contributed by atoms with E-state index in [9.17, 15) is 0 Å². The van der Waals surface area contributed by atoms with Crippen LogP contribution in [0.25, 0.3) is 0 Å². The lowest BCUT2D eigenvalue weighted by atomic mass is 10.2. The summed E-state index contributed by atoms with van der Waals surface area (Å²) in [4.78, 5) is 6.39. The average molecular weight is 202 g/mol. The van der Waals surface area contributed by atoms with Gasteiger partial charge in [-0.2, -0.15) is 5.26 Å². The zero-order chi connectivity index (χ0) is 10.7. The number of aromatic nitrogens is 1. The van der Waals surface area contributed by atoms with Crippen LogP contribution in [0.5, 0.6) is 0 Å². The predicted octanol–water partition coefficient (Wildman–Crippen LogP) is 1.60. The summed E-state index contributed by atoms with van der Waals surface area (Å²) in [6.45, 7) is 2.09. The Bertz CT molecular complexity index is 388. The molecule has 0 saturated carbocycles. The molecule has 1 saturated heterocycles. The molecule has 0 spiro atoms. The molecule has 2 rings (SSSR count). The first-order chi connectivity index (χ1) is 7.35. The molecule has 0 radical (unpaired) electrons. The molecule has 1 N–H and O–H groups in total. The van der Waals surface area contributed by atoms with Crippen LogP contribution < -0.4 is 10.2 Å². The van der Waals surface area contributed by atoms with E-state index in [-0.39, 0.29) is 0 Å². The van der Waals surface area contributed by atoms with E-state index in [1.54, 1.807) is 6.20 Å². The van der Waals surface area contributed by atoms with Crippen LogP contribution in [0, 0.1) is 11.3 Å². The van der Waals surface area contributed by atoms with Crippen molar-refractivity contribution in [1.29, 1.82) is 5.26 Å². The van der Waals surface area contributed by atoms with E-state index in [1.165, 1.54) is 12.8 Å². The van der Waals surface area contributed by atoms with Crippen LogP contribution in [-0.2, 0) is 0 Å². The summed E-state index contributed by atoms with van der Waals surface area (Å²) in [5, 5.41) is 12.0. The minimum absolute atomic E-state index is 0.663. The van der Waals surface area contributed by atoms with Crippen molar-refractivity contribution in [2.24, 2.45) is 0 Å². The zero-order valence-electron chi connectivity index (χ0n) is 8.82. The lowest BCUT2D eigenvalue weighted by Gasteiger charge is -2.19. The number of hydrogen-bond donors (Lipinski definition) is 1. The fourth-order valence-electron chi connectivity index (χ4n) is 1.89. The molecule has 15 heavy (non-hydrogen) atoms. The van der Waals surface area contributed by atoms with Crippen molar-refractivity contribution in [3.8, 4) is 6.07 Å². The largest absolute Gasteiger partial charge is 0.373 e. The molecule has 0 amide bonds. The lowest BCUT2D eigenvalue weighted by molar-refractivity contribution is 0.949. The smallest absolute Gasteiger partial charge is 0.127 e. The Balaban J connectivity index is 2.37. The van der Waals surface area contributed by atoms with E-state index in [4.69, 9.17) is 5.26 Å². The van der Waals surface area contributed by atoms with Gasteiger partial charge in [-0.15, -0.1) is 0 Å². The molecule has 0 atom stereocenters. The number of rotatable bonds is 2. The first-order valence-electron chi connectivity index (χ1n) is 5.18. The van der Waals surface area contributed by atoms with Crippen LogP contribution in [0.2, 0.25) is 0 Å². The zero-order valence-corrected chi connectivity index (χ0v) is 8.82. The number of pyridine rings is 1. The fraction of sp³-hybridized carbons (Fsp3) is 0.455. The maximum atomic E-state index is 9.01. The average Bonchev–Trinajstić information content (AvgIpc) is 2.81. The number of hydrogen-bond acceptors (Lipinski definition) is 4. The maximum Gasteiger partial charge on any atom is 0.127 e. The summed E-state index contributed by atoms with van der Waals surface area (Å²) in [6, 6.07) is 4.14. The van der Waals surface area contributed by atoms with Crippen LogP contribution in [0.3, 0.4) is 0 Å². The Morgan fingerprint density at radius 2 is 2.20 bits per heavy atom. The maximum absolute atomic E-state index is 9.01. The van der Waals surface area contributed by atoms with E-state index in [1.807, 2.05) is 13.1 Å². The number of anilines is 2. The summed E-state index contributed by atoms with van der Waals surface area (Å²) in [7, 11) is 1.84. The Morgan fingerprint density at radius 3 is 2.80 bits per heavy atom. The molecular weight excluding hydrogens is 188 g/mol. The highest BCUT2D eigenvalue weighted by molar-refractivity contribution is 5.63. The molecule has 2 heterocycles. The Labute approximate surface area is 89.5 Å². The number of nitrogens with one attached hydrogen (secondary N) is 1. The summed E-state index contributed by atoms with van der Waals surface area (Å²) in [5.41, 5.74) is 1.67. The van der Waals surface area contributed by atoms with Gasteiger partial charge in [-0.25, -0.2) is 4.98 Å². The number of nitrogens with zero attached hydrogens (tertiary/aromatic N) is 3. The minimum atomic E-state index is 0.663. The third kappa shape index (κ3) is 1.86. The molecule has 0 aliphatic carbocycles. The van der Waals surface area contributed by atoms with Crippen LogP contribution >= 0.6 is 0 Å². The van der Waals surface area contributed by atoms with Gasteiger partial charge in [-0.3, -0.25) is 0 Å². The van der Waals surface area contributed by atoms with Crippen LogP contribution in [0.1, 0.15) is 18.4 Å². The van der Waals surface area contributed by atoms with Gasteiger partial charge in [-0.05, 0) is 12.8 Å². The molecule has 0 aromatic carbocycles. The van der Waals surface area contributed by atoms with Crippen molar-refractivity contribution in [3.63, 3.8) is 0 Å². The second-order valence-electron chi connectivity index (χ2n) is 3.64. The Morgan fingerprint density at radius 1 is 1.47 bits per heavy atom. The molecule has 4 heteroatoms. The van der Waals surface area contributed by atoms with Gasteiger partial charge in [0.1, 0.15) is 11.9 Å². The van der Waals surface area contributed by atoms with E-state index < -0.39 is 0 Å². The normalized spacial score (nSPS) is 15.1. The van der Waals surface area contributed by atoms with Crippen molar-refractivity contribution in [3.05, 3.63) is 17.8 Å². The molecule has 4 nitrogen and oxygen atoms in total. The van der Waals surface area contributed by atoms with Crippen molar-refractivity contribution in [1.82, 2.24) is 4.98 Å². The molecular formula is C11H14N4. The van der Waals surface area contributed by atoms with E-state index in [0.717, 1.165) is 24.6 Å². The third-order valence-electron chi connectivity index (χ3n) is 2.71. The third-order valence-corrected chi connectivity index (χ3v) is 2.71. The number of nitriles is 1.